The van der Waals surface area contributed by atoms with Gasteiger partial charge in [-0.2, -0.15) is 0 Å². The molecule has 0 bridgehead atoms. The van der Waals surface area contributed by atoms with Gasteiger partial charge in [-0.1, -0.05) is 13.8 Å². The fraction of sp³-hybridized carbons (Fsp3) is 1.00. The minimum absolute atomic E-state index is 0.662. The Bertz CT molecular complexity index is 87.8. The Kier molecular flexibility index (Phi) is 7.51. The molecular weight excluding hydrogens is 148 g/mol. The SMILES string of the molecule is CCCN(CCC)C(C)CCN. The molecule has 0 saturated carbocycles. The smallest absolute Gasteiger partial charge is 0.00789 e. The van der Waals surface area contributed by atoms with Crippen LogP contribution in [-0.4, -0.2) is 30.6 Å². The van der Waals surface area contributed by atoms with E-state index in [9.17, 15) is 0 Å². The van der Waals surface area contributed by atoms with Gasteiger partial charge in [0.1, 0.15) is 0 Å². The molecule has 0 aromatic carbocycles. The summed E-state index contributed by atoms with van der Waals surface area (Å²) >= 11 is 0. The van der Waals surface area contributed by atoms with Crippen LogP contribution in [0.4, 0.5) is 0 Å². The van der Waals surface area contributed by atoms with Crippen molar-refractivity contribution < 1.29 is 0 Å². The second-order valence-corrected chi connectivity index (χ2v) is 3.46. The number of hydrogen-bond acceptors (Lipinski definition) is 2. The predicted octanol–water partition coefficient (Wildman–Crippen LogP) is 1.85. The third-order valence-electron chi connectivity index (χ3n) is 2.23. The predicted molar refractivity (Wildman–Crippen MR) is 55.3 cm³/mol. The van der Waals surface area contributed by atoms with Crippen molar-refractivity contribution in [3.8, 4) is 0 Å². The van der Waals surface area contributed by atoms with Crippen LogP contribution in [0.5, 0.6) is 0 Å². The molecule has 0 amide bonds. The van der Waals surface area contributed by atoms with Crippen molar-refractivity contribution in [1.82, 2.24) is 4.90 Å². The first-order chi connectivity index (χ1) is 5.76. The summed E-state index contributed by atoms with van der Waals surface area (Å²) in [6.45, 7) is 9.99. The van der Waals surface area contributed by atoms with Crippen molar-refractivity contribution in [2.75, 3.05) is 19.6 Å². The second kappa shape index (κ2) is 7.56. The molecule has 0 aliphatic carbocycles. The van der Waals surface area contributed by atoms with Gasteiger partial charge in [0.15, 0.2) is 0 Å². The van der Waals surface area contributed by atoms with Gasteiger partial charge in [0, 0.05) is 6.04 Å². The standard InChI is InChI=1S/C10H24N2/c1-4-8-12(9-5-2)10(3)6-7-11/h10H,4-9,11H2,1-3H3. The summed E-state index contributed by atoms with van der Waals surface area (Å²) in [6, 6.07) is 0.662. The van der Waals surface area contributed by atoms with E-state index in [1.54, 1.807) is 0 Å². The molecule has 1 unspecified atom stereocenters. The highest BCUT2D eigenvalue weighted by molar-refractivity contribution is 4.66. The Labute approximate surface area is 77.1 Å². The van der Waals surface area contributed by atoms with Gasteiger partial charge in [-0.25, -0.2) is 0 Å². The highest BCUT2D eigenvalue weighted by Crippen LogP contribution is 2.04. The molecule has 0 rings (SSSR count). The summed E-state index contributed by atoms with van der Waals surface area (Å²) in [6.07, 6.45) is 3.61. The van der Waals surface area contributed by atoms with Crippen molar-refractivity contribution in [2.24, 2.45) is 5.73 Å². The zero-order valence-electron chi connectivity index (χ0n) is 8.84. The lowest BCUT2D eigenvalue weighted by molar-refractivity contribution is 0.202. The quantitative estimate of drug-likeness (QED) is 0.635. The van der Waals surface area contributed by atoms with E-state index in [0.717, 1.165) is 13.0 Å². The first-order valence-electron chi connectivity index (χ1n) is 5.20. The highest BCUT2D eigenvalue weighted by atomic mass is 15.1. The third kappa shape index (κ3) is 4.73. The van der Waals surface area contributed by atoms with Gasteiger partial charge in [-0.05, 0) is 45.8 Å². The Morgan fingerprint density at radius 3 is 2.00 bits per heavy atom. The number of nitrogens with zero attached hydrogens (tertiary/aromatic N) is 1. The first kappa shape index (κ1) is 11.9. The van der Waals surface area contributed by atoms with Crippen LogP contribution >= 0.6 is 0 Å². The average molecular weight is 172 g/mol. The lowest BCUT2D eigenvalue weighted by atomic mass is 10.2. The van der Waals surface area contributed by atoms with Gasteiger partial charge in [-0.15, -0.1) is 0 Å². The van der Waals surface area contributed by atoms with E-state index in [-0.39, 0.29) is 0 Å². The minimum atomic E-state index is 0.662. The molecule has 2 heteroatoms. The molecular formula is C10H24N2. The largest absolute Gasteiger partial charge is 0.330 e. The Morgan fingerprint density at radius 1 is 1.17 bits per heavy atom. The highest BCUT2D eigenvalue weighted by Gasteiger charge is 2.09. The number of nitrogens with two attached hydrogens (primary N) is 1. The van der Waals surface area contributed by atoms with E-state index in [0.29, 0.717) is 6.04 Å². The summed E-state index contributed by atoms with van der Waals surface area (Å²) in [5, 5.41) is 0. The Morgan fingerprint density at radius 2 is 1.67 bits per heavy atom. The molecule has 2 N–H and O–H groups in total. The molecule has 0 heterocycles. The van der Waals surface area contributed by atoms with Crippen molar-refractivity contribution >= 4 is 0 Å². The summed E-state index contributed by atoms with van der Waals surface area (Å²) in [7, 11) is 0. The van der Waals surface area contributed by atoms with Gasteiger partial charge in [0.2, 0.25) is 0 Å². The molecule has 0 fully saturated rings. The molecule has 0 spiro atoms. The molecule has 0 aromatic heterocycles. The van der Waals surface area contributed by atoms with Crippen LogP contribution in [0.2, 0.25) is 0 Å². The molecule has 1 atom stereocenters. The van der Waals surface area contributed by atoms with Crippen molar-refractivity contribution in [3.63, 3.8) is 0 Å². The maximum atomic E-state index is 5.53. The summed E-state index contributed by atoms with van der Waals surface area (Å²) in [5.74, 6) is 0. The van der Waals surface area contributed by atoms with Gasteiger partial charge in [-0.3, -0.25) is 0 Å². The zero-order chi connectivity index (χ0) is 9.40. The lowest BCUT2D eigenvalue weighted by Crippen LogP contribution is -2.35. The van der Waals surface area contributed by atoms with Crippen LogP contribution in [0.1, 0.15) is 40.0 Å². The van der Waals surface area contributed by atoms with Gasteiger partial charge in [0.25, 0.3) is 0 Å². The number of rotatable bonds is 7. The molecule has 0 saturated heterocycles. The normalized spacial score (nSPS) is 13.8. The van der Waals surface area contributed by atoms with Gasteiger partial charge < -0.3 is 10.6 Å². The van der Waals surface area contributed by atoms with Crippen LogP contribution in [0, 0.1) is 0 Å². The molecule has 0 radical (unpaired) electrons. The van der Waals surface area contributed by atoms with E-state index < -0.39 is 0 Å². The maximum absolute atomic E-state index is 5.53. The second-order valence-electron chi connectivity index (χ2n) is 3.46. The zero-order valence-corrected chi connectivity index (χ0v) is 8.84. The summed E-state index contributed by atoms with van der Waals surface area (Å²) in [4.78, 5) is 2.53. The molecule has 74 valence electrons. The van der Waals surface area contributed by atoms with E-state index in [1.807, 2.05) is 0 Å². The van der Waals surface area contributed by atoms with Crippen molar-refractivity contribution in [1.29, 1.82) is 0 Å². The maximum Gasteiger partial charge on any atom is 0.00789 e. The lowest BCUT2D eigenvalue weighted by Gasteiger charge is -2.27. The summed E-state index contributed by atoms with van der Waals surface area (Å²) in [5.41, 5.74) is 5.53. The molecule has 2 nitrogen and oxygen atoms in total. The van der Waals surface area contributed by atoms with E-state index in [4.69, 9.17) is 5.73 Å². The van der Waals surface area contributed by atoms with Crippen LogP contribution in [-0.2, 0) is 0 Å². The van der Waals surface area contributed by atoms with Crippen molar-refractivity contribution in [3.05, 3.63) is 0 Å². The minimum Gasteiger partial charge on any atom is -0.330 e. The molecule has 12 heavy (non-hydrogen) atoms. The average Bonchev–Trinajstić information content (AvgIpc) is 2.04. The van der Waals surface area contributed by atoms with E-state index in [1.165, 1.54) is 25.9 Å². The van der Waals surface area contributed by atoms with Crippen LogP contribution in [0.3, 0.4) is 0 Å². The third-order valence-corrected chi connectivity index (χ3v) is 2.23. The Hall–Kier alpha value is -0.0800. The van der Waals surface area contributed by atoms with Gasteiger partial charge >= 0.3 is 0 Å². The van der Waals surface area contributed by atoms with E-state index in [2.05, 4.69) is 25.7 Å². The van der Waals surface area contributed by atoms with Crippen LogP contribution < -0.4 is 5.73 Å². The molecule has 0 aliphatic heterocycles. The fourth-order valence-corrected chi connectivity index (χ4v) is 1.55. The molecule has 0 aliphatic rings. The summed E-state index contributed by atoms with van der Waals surface area (Å²) < 4.78 is 0. The van der Waals surface area contributed by atoms with Crippen LogP contribution in [0.25, 0.3) is 0 Å². The fourth-order valence-electron chi connectivity index (χ4n) is 1.55. The van der Waals surface area contributed by atoms with E-state index >= 15 is 0 Å². The van der Waals surface area contributed by atoms with Crippen LogP contribution in [0.15, 0.2) is 0 Å². The molecule has 0 aromatic rings. The first-order valence-corrected chi connectivity index (χ1v) is 5.20. The monoisotopic (exact) mass is 172 g/mol. The van der Waals surface area contributed by atoms with Gasteiger partial charge in [0.05, 0.1) is 0 Å². The Balaban J connectivity index is 3.72. The number of hydrogen-bond donors (Lipinski definition) is 1. The van der Waals surface area contributed by atoms with Crippen molar-refractivity contribution in [2.45, 2.75) is 46.1 Å². The topological polar surface area (TPSA) is 29.3 Å².